The number of aromatic nitrogens is 2. The summed E-state index contributed by atoms with van der Waals surface area (Å²) < 4.78 is 2.02. The van der Waals surface area contributed by atoms with Crippen LogP contribution in [-0.4, -0.2) is 21.5 Å². The molecule has 0 atom stereocenters. The van der Waals surface area contributed by atoms with Gasteiger partial charge in [0.2, 0.25) is 0 Å². The molecule has 19 heavy (non-hydrogen) atoms. The second-order valence-electron chi connectivity index (χ2n) is 4.40. The molecule has 0 fully saturated rings. The van der Waals surface area contributed by atoms with Crippen molar-refractivity contribution in [3.63, 3.8) is 0 Å². The molecule has 0 aliphatic rings. The molecule has 0 saturated heterocycles. The molecule has 0 spiro atoms. The summed E-state index contributed by atoms with van der Waals surface area (Å²) in [6.07, 6.45) is 1.78. The predicted molar refractivity (Wildman–Crippen MR) is 73.4 cm³/mol. The number of benzene rings is 1. The fourth-order valence-electron chi connectivity index (χ4n) is 1.94. The van der Waals surface area contributed by atoms with Gasteiger partial charge in [-0.05, 0) is 25.5 Å². The van der Waals surface area contributed by atoms with E-state index >= 15 is 0 Å². The van der Waals surface area contributed by atoms with E-state index in [1.54, 1.807) is 25.5 Å². The van der Waals surface area contributed by atoms with Crippen molar-refractivity contribution in [2.45, 2.75) is 20.4 Å². The van der Waals surface area contributed by atoms with Crippen LogP contribution in [0, 0.1) is 24.0 Å². The molecule has 0 aliphatic carbocycles. The Labute approximate surface area is 111 Å². The van der Waals surface area contributed by atoms with Crippen LogP contribution in [0.4, 0.5) is 11.4 Å². The monoisotopic (exact) mass is 260 g/mol. The molecule has 0 aliphatic heterocycles. The number of rotatable bonds is 4. The standard InChI is InChI=1S/C13H16N4O2/c1-9-10(2)16(8-15-9)7-11-4-5-13(17(18)19)12(6-11)14-3/h4-6,8,14H,7H2,1-3H3. The van der Waals surface area contributed by atoms with E-state index in [-0.39, 0.29) is 10.6 Å². The third-order valence-corrected chi connectivity index (χ3v) is 3.23. The van der Waals surface area contributed by atoms with Crippen LogP contribution in [0.15, 0.2) is 24.5 Å². The van der Waals surface area contributed by atoms with Crippen LogP contribution in [0.3, 0.4) is 0 Å². The molecule has 2 rings (SSSR count). The van der Waals surface area contributed by atoms with Crippen molar-refractivity contribution in [1.29, 1.82) is 0 Å². The number of imidazole rings is 1. The highest BCUT2D eigenvalue weighted by molar-refractivity contribution is 5.62. The van der Waals surface area contributed by atoms with Gasteiger partial charge in [-0.25, -0.2) is 4.98 Å². The summed E-state index contributed by atoms with van der Waals surface area (Å²) in [5.41, 5.74) is 3.71. The zero-order valence-electron chi connectivity index (χ0n) is 11.2. The molecule has 100 valence electrons. The summed E-state index contributed by atoms with van der Waals surface area (Å²) in [6.45, 7) is 4.62. The van der Waals surface area contributed by atoms with Crippen molar-refractivity contribution in [3.8, 4) is 0 Å². The number of aryl methyl sites for hydroxylation is 1. The lowest BCUT2D eigenvalue weighted by atomic mass is 10.1. The van der Waals surface area contributed by atoms with Gasteiger partial charge in [0, 0.05) is 25.4 Å². The van der Waals surface area contributed by atoms with Crippen LogP contribution in [-0.2, 0) is 6.54 Å². The molecule has 0 saturated carbocycles. The lowest BCUT2D eigenvalue weighted by Gasteiger charge is -2.08. The van der Waals surface area contributed by atoms with Crippen molar-refractivity contribution in [1.82, 2.24) is 9.55 Å². The molecule has 0 unspecified atom stereocenters. The minimum absolute atomic E-state index is 0.0878. The van der Waals surface area contributed by atoms with Crippen LogP contribution in [0.25, 0.3) is 0 Å². The lowest BCUT2D eigenvalue weighted by Crippen LogP contribution is -2.03. The summed E-state index contributed by atoms with van der Waals surface area (Å²) in [4.78, 5) is 14.7. The van der Waals surface area contributed by atoms with Gasteiger partial charge >= 0.3 is 0 Å². The molecule has 0 bridgehead atoms. The van der Waals surface area contributed by atoms with Crippen molar-refractivity contribution in [3.05, 3.63) is 51.6 Å². The maximum absolute atomic E-state index is 10.9. The first-order chi connectivity index (χ1) is 9.02. The Balaban J connectivity index is 2.31. The average Bonchev–Trinajstić information content (AvgIpc) is 2.70. The highest BCUT2D eigenvalue weighted by Gasteiger charge is 2.13. The van der Waals surface area contributed by atoms with Crippen LogP contribution >= 0.6 is 0 Å². The molecule has 0 radical (unpaired) electrons. The fourth-order valence-corrected chi connectivity index (χ4v) is 1.94. The molecule has 1 aromatic carbocycles. The minimum Gasteiger partial charge on any atom is -0.383 e. The van der Waals surface area contributed by atoms with E-state index in [0.717, 1.165) is 17.0 Å². The van der Waals surface area contributed by atoms with Crippen molar-refractivity contribution >= 4 is 11.4 Å². The molecule has 6 heteroatoms. The van der Waals surface area contributed by atoms with Crippen molar-refractivity contribution in [2.24, 2.45) is 0 Å². The summed E-state index contributed by atoms with van der Waals surface area (Å²) in [6, 6.07) is 5.10. The Hall–Kier alpha value is -2.37. The van der Waals surface area contributed by atoms with Gasteiger partial charge in [0.15, 0.2) is 0 Å². The summed E-state index contributed by atoms with van der Waals surface area (Å²) >= 11 is 0. The maximum Gasteiger partial charge on any atom is 0.292 e. The van der Waals surface area contributed by atoms with Crippen LogP contribution in [0.5, 0.6) is 0 Å². The maximum atomic E-state index is 10.9. The highest BCUT2D eigenvalue weighted by Crippen LogP contribution is 2.25. The van der Waals surface area contributed by atoms with E-state index in [1.807, 2.05) is 18.4 Å². The SMILES string of the molecule is CNc1cc(Cn2cnc(C)c2C)ccc1[N+](=O)[O-]. The molecule has 1 aromatic heterocycles. The molecule has 0 amide bonds. The van der Waals surface area contributed by atoms with Gasteiger partial charge in [0.05, 0.1) is 16.9 Å². The van der Waals surface area contributed by atoms with Crippen molar-refractivity contribution < 1.29 is 4.92 Å². The van der Waals surface area contributed by atoms with Gasteiger partial charge in [-0.3, -0.25) is 10.1 Å². The van der Waals surface area contributed by atoms with Crippen molar-refractivity contribution in [2.75, 3.05) is 12.4 Å². The van der Waals surface area contributed by atoms with Gasteiger partial charge < -0.3 is 9.88 Å². The summed E-state index contributed by atoms with van der Waals surface area (Å²) in [5.74, 6) is 0. The van der Waals surface area contributed by atoms with Gasteiger partial charge in [-0.2, -0.15) is 0 Å². The number of nitrogens with one attached hydrogen (secondary N) is 1. The zero-order valence-corrected chi connectivity index (χ0v) is 11.2. The second-order valence-corrected chi connectivity index (χ2v) is 4.40. The minimum atomic E-state index is -0.387. The Kier molecular flexibility index (Phi) is 3.50. The van der Waals surface area contributed by atoms with E-state index in [9.17, 15) is 10.1 Å². The van der Waals surface area contributed by atoms with Gasteiger partial charge in [-0.15, -0.1) is 0 Å². The molecule has 1 N–H and O–H groups in total. The largest absolute Gasteiger partial charge is 0.383 e. The number of hydrogen-bond donors (Lipinski definition) is 1. The van der Waals surface area contributed by atoms with E-state index in [0.29, 0.717) is 12.2 Å². The first-order valence-electron chi connectivity index (χ1n) is 5.96. The zero-order chi connectivity index (χ0) is 14.0. The van der Waals surface area contributed by atoms with Crippen LogP contribution in [0.1, 0.15) is 17.0 Å². The third-order valence-electron chi connectivity index (χ3n) is 3.23. The second kappa shape index (κ2) is 5.09. The molecule has 2 aromatic rings. The molecule has 6 nitrogen and oxygen atoms in total. The van der Waals surface area contributed by atoms with E-state index < -0.39 is 0 Å². The van der Waals surface area contributed by atoms with E-state index in [1.165, 1.54) is 6.07 Å². The van der Waals surface area contributed by atoms with Crippen LogP contribution in [0.2, 0.25) is 0 Å². The van der Waals surface area contributed by atoms with Crippen LogP contribution < -0.4 is 5.32 Å². The van der Waals surface area contributed by atoms with Gasteiger partial charge in [0.1, 0.15) is 5.69 Å². The lowest BCUT2D eigenvalue weighted by molar-refractivity contribution is -0.383. The Morgan fingerprint density at radius 2 is 2.16 bits per heavy atom. The number of anilines is 1. The first kappa shape index (κ1) is 13.1. The molecule has 1 heterocycles. The average molecular weight is 260 g/mol. The summed E-state index contributed by atoms with van der Waals surface area (Å²) in [7, 11) is 1.68. The Morgan fingerprint density at radius 3 is 2.68 bits per heavy atom. The smallest absolute Gasteiger partial charge is 0.292 e. The number of hydrogen-bond acceptors (Lipinski definition) is 4. The Morgan fingerprint density at radius 1 is 1.42 bits per heavy atom. The number of nitro groups is 1. The van der Waals surface area contributed by atoms with E-state index in [4.69, 9.17) is 0 Å². The summed E-state index contributed by atoms with van der Waals surface area (Å²) in [5, 5.41) is 13.7. The number of nitro benzene ring substituents is 1. The van der Waals surface area contributed by atoms with Gasteiger partial charge in [0.25, 0.3) is 5.69 Å². The quantitative estimate of drug-likeness (QED) is 0.677. The van der Waals surface area contributed by atoms with Gasteiger partial charge in [-0.1, -0.05) is 6.07 Å². The molecular formula is C13H16N4O2. The topological polar surface area (TPSA) is 73.0 Å². The first-order valence-corrected chi connectivity index (χ1v) is 5.96. The Bertz CT molecular complexity index is 619. The highest BCUT2D eigenvalue weighted by atomic mass is 16.6. The number of nitrogens with zero attached hydrogens (tertiary/aromatic N) is 3. The third kappa shape index (κ3) is 2.57. The van der Waals surface area contributed by atoms with E-state index in [2.05, 4.69) is 10.3 Å². The predicted octanol–water partition coefficient (Wildman–Crippen LogP) is 2.50. The molecular weight excluding hydrogens is 244 g/mol. The normalized spacial score (nSPS) is 10.5. The fraction of sp³-hybridized carbons (Fsp3) is 0.308.